The molecule has 2 aromatic rings. The molecule has 0 aliphatic heterocycles. The molecule has 0 amide bonds. The fourth-order valence-corrected chi connectivity index (χ4v) is 3.01. The molecule has 1 aromatic carbocycles. The minimum atomic E-state index is -4.31. The molecule has 2 N–H and O–H groups in total. The van der Waals surface area contributed by atoms with Gasteiger partial charge in [-0.25, -0.2) is 0 Å². The van der Waals surface area contributed by atoms with Crippen LogP contribution in [0.25, 0.3) is 0 Å². The first-order valence-corrected chi connectivity index (χ1v) is 6.72. The van der Waals surface area contributed by atoms with Gasteiger partial charge in [-0.15, -0.1) is 11.3 Å². The average molecular weight is 336 g/mol. The molecule has 6 heteroatoms. The number of nitrogens with two attached hydrogens (primary N) is 1. The van der Waals surface area contributed by atoms with Gasteiger partial charge >= 0.3 is 6.18 Å². The van der Waals surface area contributed by atoms with Gasteiger partial charge < -0.3 is 5.73 Å². The van der Waals surface area contributed by atoms with Crippen LogP contribution in [0.15, 0.2) is 40.2 Å². The van der Waals surface area contributed by atoms with Crippen LogP contribution in [0.5, 0.6) is 0 Å². The lowest BCUT2D eigenvalue weighted by molar-refractivity contribution is -0.137. The van der Waals surface area contributed by atoms with Crippen molar-refractivity contribution in [3.05, 3.63) is 56.2 Å². The van der Waals surface area contributed by atoms with Gasteiger partial charge in [-0.3, -0.25) is 0 Å². The summed E-state index contributed by atoms with van der Waals surface area (Å²) in [6, 6.07) is 6.41. The van der Waals surface area contributed by atoms with Crippen molar-refractivity contribution in [2.45, 2.75) is 12.2 Å². The van der Waals surface area contributed by atoms with Crippen LogP contribution in [0, 0.1) is 0 Å². The van der Waals surface area contributed by atoms with Crippen LogP contribution in [0.1, 0.15) is 22.0 Å². The van der Waals surface area contributed by atoms with E-state index in [9.17, 15) is 13.2 Å². The normalized spacial score (nSPS) is 13.6. The summed E-state index contributed by atoms with van der Waals surface area (Å²) in [5.41, 5.74) is 6.00. The number of hydrogen-bond donors (Lipinski definition) is 1. The van der Waals surface area contributed by atoms with Crippen LogP contribution in [0.3, 0.4) is 0 Å². The number of halogens is 4. The molecular formula is C12H9BrF3NS. The Balaban J connectivity index is 2.24. The third-order valence-electron chi connectivity index (χ3n) is 2.49. The Labute approximate surface area is 115 Å². The molecule has 96 valence electrons. The maximum absolute atomic E-state index is 12.4. The third kappa shape index (κ3) is 2.93. The molecule has 1 unspecified atom stereocenters. The lowest BCUT2D eigenvalue weighted by Crippen LogP contribution is -2.11. The molecule has 1 heterocycles. The van der Waals surface area contributed by atoms with Crippen molar-refractivity contribution >= 4 is 27.3 Å². The summed E-state index contributed by atoms with van der Waals surface area (Å²) in [6.07, 6.45) is -4.31. The van der Waals surface area contributed by atoms with Crippen molar-refractivity contribution in [2.75, 3.05) is 0 Å². The highest BCUT2D eigenvalue weighted by atomic mass is 79.9. The molecule has 1 atom stereocenters. The van der Waals surface area contributed by atoms with Crippen LogP contribution < -0.4 is 5.73 Å². The van der Waals surface area contributed by atoms with Crippen LogP contribution in [0.4, 0.5) is 13.2 Å². The van der Waals surface area contributed by atoms with Gasteiger partial charge in [0.15, 0.2) is 0 Å². The van der Waals surface area contributed by atoms with Crippen molar-refractivity contribution in [1.29, 1.82) is 0 Å². The maximum Gasteiger partial charge on any atom is 0.416 e. The van der Waals surface area contributed by atoms with E-state index >= 15 is 0 Å². The number of benzene rings is 1. The second-order valence-corrected chi connectivity index (χ2v) is 5.62. The first kappa shape index (κ1) is 13.6. The highest BCUT2D eigenvalue weighted by molar-refractivity contribution is 9.10. The fraction of sp³-hybridized carbons (Fsp3) is 0.167. The van der Waals surface area contributed by atoms with Crippen LogP contribution >= 0.6 is 27.3 Å². The lowest BCUT2D eigenvalue weighted by atomic mass is 10.0. The fourth-order valence-electron chi connectivity index (χ4n) is 1.54. The first-order chi connectivity index (χ1) is 8.38. The number of rotatable bonds is 2. The Morgan fingerprint density at radius 2 is 1.78 bits per heavy atom. The molecule has 0 aliphatic rings. The largest absolute Gasteiger partial charge is 0.416 e. The van der Waals surface area contributed by atoms with E-state index < -0.39 is 17.8 Å². The highest BCUT2D eigenvalue weighted by Gasteiger charge is 2.30. The summed E-state index contributed by atoms with van der Waals surface area (Å²) in [6.45, 7) is 0. The summed E-state index contributed by atoms with van der Waals surface area (Å²) in [5, 5.41) is 1.89. The lowest BCUT2D eigenvalue weighted by Gasteiger charge is -2.12. The highest BCUT2D eigenvalue weighted by Crippen LogP contribution is 2.32. The van der Waals surface area contributed by atoms with Gasteiger partial charge in [0, 0.05) is 14.7 Å². The van der Waals surface area contributed by atoms with Crippen LogP contribution in [0.2, 0.25) is 0 Å². The minimum Gasteiger partial charge on any atom is -0.320 e. The first-order valence-electron chi connectivity index (χ1n) is 5.04. The van der Waals surface area contributed by atoms with Gasteiger partial charge in [0.2, 0.25) is 0 Å². The summed E-state index contributed by atoms with van der Waals surface area (Å²) < 4.78 is 38.2. The molecule has 1 nitrogen and oxygen atoms in total. The van der Waals surface area contributed by atoms with E-state index in [2.05, 4.69) is 15.9 Å². The molecule has 0 aliphatic carbocycles. The molecule has 0 saturated carbocycles. The second kappa shape index (κ2) is 5.03. The van der Waals surface area contributed by atoms with Crippen molar-refractivity contribution < 1.29 is 13.2 Å². The van der Waals surface area contributed by atoms with E-state index in [1.165, 1.54) is 23.5 Å². The molecule has 2 rings (SSSR count). The molecule has 0 bridgehead atoms. The average Bonchev–Trinajstić information content (AvgIpc) is 2.74. The van der Waals surface area contributed by atoms with E-state index in [0.717, 1.165) is 21.5 Å². The topological polar surface area (TPSA) is 26.0 Å². The van der Waals surface area contributed by atoms with Gasteiger partial charge in [-0.2, -0.15) is 13.2 Å². The van der Waals surface area contributed by atoms with Crippen LogP contribution in [-0.2, 0) is 6.18 Å². The Morgan fingerprint density at radius 3 is 2.22 bits per heavy atom. The Hall–Kier alpha value is -0.850. The van der Waals surface area contributed by atoms with Gasteiger partial charge in [0.1, 0.15) is 0 Å². The molecular weight excluding hydrogens is 327 g/mol. The Kier molecular flexibility index (Phi) is 3.79. The predicted molar refractivity (Wildman–Crippen MR) is 69.5 cm³/mol. The standard InChI is InChI=1S/C12H9BrF3NS/c13-9-5-10(18-6-9)11(17)7-1-3-8(4-2-7)12(14,15)16/h1-6,11H,17H2. The predicted octanol–water partition coefficient (Wildman–Crippen LogP) is 4.58. The summed E-state index contributed by atoms with van der Waals surface area (Å²) in [5.74, 6) is 0. The molecule has 0 saturated heterocycles. The zero-order valence-corrected chi connectivity index (χ0v) is 11.4. The van der Waals surface area contributed by atoms with Crippen molar-refractivity contribution in [1.82, 2.24) is 0 Å². The van der Waals surface area contributed by atoms with E-state index in [1.54, 1.807) is 0 Å². The molecule has 0 fully saturated rings. The summed E-state index contributed by atoms with van der Waals surface area (Å²) >= 11 is 4.78. The Morgan fingerprint density at radius 1 is 1.17 bits per heavy atom. The Bertz CT molecular complexity index is 533. The summed E-state index contributed by atoms with van der Waals surface area (Å²) in [7, 11) is 0. The van der Waals surface area contributed by atoms with Crippen molar-refractivity contribution in [2.24, 2.45) is 5.73 Å². The maximum atomic E-state index is 12.4. The molecule has 0 spiro atoms. The minimum absolute atomic E-state index is 0.399. The zero-order valence-electron chi connectivity index (χ0n) is 9.04. The van der Waals surface area contributed by atoms with E-state index in [4.69, 9.17) is 5.73 Å². The third-order valence-corrected chi connectivity index (χ3v) is 4.27. The van der Waals surface area contributed by atoms with Crippen molar-refractivity contribution in [3.63, 3.8) is 0 Å². The van der Waals surface area contributed by atoms with Gasteiger partial charge in [0.05, 0.1) is 11.6 Å². The van der Waals surface area contributed by atoms with E-state index in [0.29, 0.717) is 5.56 Å². The van der Waals surface area contributed by atoms with Crippen LogP contribution in [-0.4, -0.2) is 0 Å². The SMILES string of the molecule is NC(c1ccc(C(F)(F)F)cc1)c1cc(Br)cs1. The second-order valence-electron chi connectivity index (χ2n) is 3.76. The van der Waals surface area contributed by atoms with E-state index in [1.807, 2.05) is 11.4 Å². The number of hydrogen-bond acceptors (Lipinski definition) is 2. The molecule has 1 aromatic heterocycles. The number of alkyl halides is 3. The smallest absolute Gasteiger partial charge is 0.320 e. The zero-order chi connectivity index (χ0) is 13.3. The quantitative estimate of drug-likeness (QED) is 0.854. The summed E-state index contributed by atoms with van der Waals surface area (Å²) in [4.78, 5) is 0.904. The van der Waals surface area contributed by atoms with E-state index in [-0.39, 0.29) is 0 Å². The monoisotopic (exact) mass is 335 g/mol. The van der Waals surface area contributed by atoms with Gasteiger partial charge in [-0.1, -0.05) is 12.1 Å². The molecule has 0 radical (unpaired) electrons. The van der Waals surface area contributed by atoms with Gasteiger partial charge in [-0.05, 0) is 39.7 Å². The van der Waals surface area contributed by atoms with Gasteiger partial charge in [0.25, 0.3) is 0 Å². The molecule has 18 heavy (non-hydrogen) atoms. The van der Waals surface area contributed by atoms with Crippen molar-refractivity contribution in [3.8, 4) is 0 Å². The number of thiophene rings is 1.